The minimum atomic E-state index is 0.224. The van der Waals surface area contributed by atoms with E-state index in [4.69, 9.17) is 0 Å². The van der Waals surface area contributed by atoms with E-state index in [1.807, 2.05) is 9.80 Å². The molecule has 92 valence electrons. The van der Waals surface area contributed by atoms with Crippen LogP contribution in [0.5, 0.6) is 0 Å². The molecule has 2 heterocycles. The van der Waals surface area contributed by atoms with Gasteiger partial charge in [-0.15, -0.1) is 0 Å². The van der Waals surface area contributed by atoms with Gasteiger partial charge in [0.05, 0.1) is 0 Å². The lowest BCUT2D eigenvalue weighted by atomic mass is 10.2. The highest BCUT2D eigenvalue weighted by Crippen LogP contribution is 2.07. The number of hydrogen-bond acceptors (Lipinski definition) is 3. The number of amides is 2. The summed E-state index contributed by atoms with van der Waals surface area (Å²) >= 11 is 0. The Bertz CT molecular complexity index is 250. The van der Waals surface area contributed by atoms with Crippen LogP contribution in [0.3, 0.4) is 0 Å². The van der Waals surface area contributed by atoms with E-state index in [-0.39, 0.29) is 6.03 Å². The van der Waals surface area contributed by atoms with Crippen LogP contribution in [0.1, 0.15) is 6.92 Å². The molecule has 2 aliphatic rings. The number of nitrogens with one attached hydrogen (secondary N) is 1. The molecule has 16 heavy (non-hydrogen) atoms. The first kappa shape index (κ1) is 11.7. The summed E-state index contributed by atoms with van der Waals surface area (Å²) in [5.41, 5.74) is 0. The Labute approximate surface area is 97.4 Å². The Balaban J connectivity index is 1.86. The minimum absolute atomic E-state index is 0.224. The Kier molecular flexibility index (Phi) is 3.66. The Morgan fingerprint density at radius 1 is 1.12 bits per heavy atom. The normalized spacial score (nSPS) is 28.2. The molecule has 2 fully saturated rings. The van der Waals surface area contributed by atoms with Crippen LogP contribution in [0.15, 0.2) is 0 Å². The zero-order chi connectivity index (χ0) is 11.5. The number of piperazine rings is 2. The lowest BCUT2D eigenvalue weighted by molar-refractivity contribution is 0.113. The Hall–Kier alpha value is -0.810. The molecular formula is C11H22N4O. The molecule has 2 amide bonds. The van der Waals surface area contributed by atoms with Crippen molar-refractivity contribution in [1.29, 1.82) is 0 Å². The van der Waals surface area contributed by atoms with Gasteiger partial charge in [0.25, 0.3) is 0 Å². The van der Waals surface area contributed by atoms with Gasteiger partial charge >= 0.3 is 6.03 Å². The number of hydrogen-bond donors (Lipinski definition) is 1. The predicted molar refractivity (Wildman–Crippen MR) is 63.5 cm³/mol. The van der Waals surface area contributed by atoms with Crippen LogP contribution in [-0.2, 0) is 0 Å². The van der Waals surface area contributed by atoms with Gasteiger partial charge in [-0.2, -0.15) is 0 Å². The maximum absolute atomic E-state index is 12.2. The Morgan fingerprint density at radius 2 is 1.81 bits per heavy atom. The second-order valence-electron chi connectivity index (χ2n) is 4.87. The lowest BCUT2D eigenvalue weighted by Gasteiger charge is -2.39. The number of urea groups is 1. The number of carbonyl (C=O) groups is 1. The monoisotopic (exact) mass is 226 g/mol. The molecule has 0 radical (unpaired) electrons. The first-order valence-corrected chi connectivity index (χ1v) is 6.12. The van der Waals surface area contributed by atoms with Crippen molar-refractivity contribution in [3.05, 3.63) is 0 Å². The molecule has 1 N–H and O–H groups in total. The minimum Gasteiger partial charge on any atom is -0.322 e. The third-order valence-electron chi connectivity index (χ3n) is 3.41. The quantitative estimate of drug-likeness (QED) is 0.613. The highest BCUT2D eigenvalue weighted by atomic mass is 16.2. The SMILES string of the molecule is C[C@@H]1CN(C(=O)N2CCN(C)CC2)CCN1. The zero-order valence-electron chi connectivity index (χ0n) is 10.3. The molecule has 0 bridgehead atoms. The van der Waals surface area contributed by atoms with Crippen LogP contribution in [0.4, 0.5) is 4.79 Å². The highest BCUT2D eigenvalue weighted by Gasteiger charge is 2.26. The largest absolute Gasteiger partial charge is 0.322 e. The second-order valence-corrected chi connectivity index (χ2v) is 4.87. The summed E-state index contributed by atoms with van der Waals surface area (Å²) in [7, 11) is 2.11. The van der Waals surface area contributed by atoms with Gasteiger partial charge in [0.2, 0.25) is 0 Å². The van der Waals surface area contributed by atoms with Gasteiger partial charge in [0, 0.05) is 51.9 Å². The summed E-state index contributed by atoms with van der Waals surface area (Å²) < 4.78 is 0. The van der Waals surface area contributed by atoms with E-state index in [9.17, 15) is 4.79 Å². The van der Waals surface area contributed by atoms with Crippen LogP contribution >= 0.6 is 0 Å². The van der Waals surface area contributed by atoms with Crippen molar-refractivity contribution in [2.75, 3.05) is 52.9 Å². The van der Waals surface area contributed by atoms with Crippen LogP contribution < -0.4 is 5.32 Å². The maximum Gasteiger partial charge on any atom is 0.320 e. The molecule has 0 aromatic heterocycles. The first-order chi connectivity index (χ1) is 7.66. The van der Waals surface area contributed by atoms with Crippen molar-refractivity contribution in [3.8, 4) is 0 Å². The van der Waals surface area contributed by atoms with Crippen molar-refractivity contribution in [1.82, 2.24) is 20.0 Å². The third-order valence-corrected chi connectivity index (χ3v) is 3.41. The molecule has 2 aliphatic heterocycles. The van der Waals surface area contributed by atoms with Crippen LogP contribution in [0.25, 0.3) is 0 Å². The molecule has 1 atom stereocenters. The molecule has 2 saturated heterocycles. The average Bonchev–Trinajstić information content (AvgIpc) is 2.29. The van der Waals surface area contributed by atoms with E-state index in [0.29, 0.717) is 6.04 Å². The van der Waals surface area contributed by atoms with Crippen molar-refractivity contribution >= 4 is 6.03 Å². The molecule has 0 aromatic carbocycles. The molecule has 0 aromatic rings. The third kappa shape index (κ3) is 2.65. The molecule has 0 aliphatic carbocycles. The second kappa shape index (κ2) is 5.01. The summed E-state index contributed by atoms with van der Waals surface area (Å²) in [5, 5.41) is 3.36. The topological polar surface area (TPSA) is 38.8 Å². The highest BCUT2D eigenvalue weighted by molar-refractivity contribution is 5.74. The van der Waals surface area contributed by atoms with E-state index in [0.717, 1.165) is 45.8 Å². The van der Waals surface area contributed by atoms with Gasteiger partial charge in [-0.1, -0.05) is 0 Å². The predicted octanol–water partition coefficient (Wildman–Crippen LogP) is -0.352. The average molecular weight is 226 g/mol. The van der Waals surface area contributed by atoms with E-state index in [1.165, 1.54) is 0 Å². The molecular weight excluding hydrogens is 204 g/mol. The van der Waals surface area contributed by atoms with Gasteiger partial charge in [0.15, 0.2) is 0 Å². The van der Waals surface area contributed by atoms with E-state index in [1.54, 1.807) is 0 Å². The van der Waals surface area contributed by atoms with Crippen LogP contribution in [0.2, 0.25) is 0 Å². The summed E-state index contributed by atoms with van der Waals surface area (Å²) in [5.74, 6) is 0. The maximum atomic E-state index is 12.2. The standard InChI is InChI=1S/C11H22N4O/c1-10-9-15(4-3-12-10)11(16)14-7-5-13(2)6-8-14/h10,12H,3-9H2,1-2H3/t10-/m1/s1. The zero-order valence-corrected chi connectivity index (χ0v) is 10.3. The molecule has 2 rings (SSSR count). The van der Waals surface area contributed by atoms with Crippen molar-refractivity contribution in [3.63, 3.8) is 0 Å². The summed E-state index contributed by atoms with van der Waals surface area (Å²) in [6.45, 7) is 8.45. The molecule has 0 saturated carbocycles. The summed E-state index contributed by atoms with van der Waals surface area (Å²) in [6.07, 6.45) is 0. The van der Waals surface area contributed by atoms with Gasteiger partial charge in [-0.3, -0.25) is 0 Å². The van der Waals surface area contributed by atoms with Crippen LogP contribution in [0, 0.1) is 0 Å². The first-order valence-electron chi connectivity index (χ1n) is 6.12. The van der Waals surface area contributed by atoms with Gasteiger partial charge in [0.1, 0.15) is 0 Å². The Morgan fingerprint density at radius 3 is 2.44 bits per heavy atom. The lowest BCUT2D eigenvalue weighted by Crippen LogP contribution is -2.57. The smallest absolute Gasteiger partial charge is 0.320 e. The van der Waals surface area contributed by atoms with E-state index >= 15 is 0 Å². The van der Waals surface area contributed by atoms with Gasteiger partial charge in [-0.25, -0.2) is 4.79 Å². The molecule has 5 heteroatoms. The van der Waals surface area contributed by atoms with Gasteiger partial charge < -0.3 is 20.0 Å². The van der Waals surface area contributed by atoms with Crippen LogP contribution in [-0.4, -0.2) is 79.6 Å². The fourth-order valence-electron chi connectivity index (χ4n) is 2.30. The number of nitrogens with zero attached hydrogens (tertiary/aromatic N) is 3. The fourth-order valence-corrected chi connectivity index (χ4v) is 2.30. The molecule has 0 spiro atoms. The number of likely N-dealkylation sites (N-methyl/N-ethyl adjacent to an activating group) is 1. The number of rotatable bonds is 0. The molecule has 0 unspecified atom stereocenters. The van der Waals surface area contributed by atoms with Crippen molar-refractivity contribution < 1.29 is 4.79 Å². The van der Waals surface area contributed by atoms with E-state index in [2.05, 4.69) is 24.2 Å². The van der Waals surface area contributed by atoms with E-state index < -0.39 is 0 Å². The molecule has 5 nitrogen and oxygen atoms in total. The number of carbonyl (C=O) groups excluding carboxylic acids is 1. The van der Waals surface area contributed by atoms with Crippen molar-refractivity contribution in [2.45, 2.75) is 13.0 Å². The summed E-state index contributed by atoms with van der Waals surface area (Å²) in [4.78, 5) is 18.4. The van der Waals surface area contributed by atoms with Crippen molar-refractivity contribution in [2.24, 2.45) is 0 Å². The fraction of sp³-hybridized carbons (Fsp3) is 0.909. The van der Waals surface area contributed by atoms with Gasteiger partial charge in [-0.05, 0) is 14.0 Å². The summed E-state index contributed by atoms with van der Waals surface area (Å²) in [6, 6.07) is 0.645.